The molecule has 0 spiro atoms. The molecule has 1 heterocycles. The molecule has 0 aromatic carbocycles. The Hall–Kier alpha value is -0.880. The quantitative estimate of drug-likeness (QED) is 0.872. The van der Waals surface area contributed by atoms with Gasteiger partial charge in [0.15, 0.2) is 0 Å². The molecule has 1 aromatic rings. The molecule has 0 atom stereocenters. The van der Waals surface area contributed by atoms with Gasteiger partial charge in [0.05, 0.1) is 0 Å². The summed E-state index contributed by atoms with van der Waals surface area (Å²) in [4.78, 5) is 0. The molecule has 0 radical (unpaired) electrons. The second-order valence-corrected chi connectivity index (χ2v) is 9.81. The third kappa shape index (κ3) is 3.38. The minimum absolute atomic E-state index is 0.104. The average molecular weight is 326 g/mol. The van der Waals surface area contributed by atoms with E-state index in [9.17, 15) is 8.42 Å². The molecule has 0 unspecified atom stereocenters. The van der Waals surface area contributed by atoms with Crippen LogP contribution in [0.2, 0.25) is 0 Å². The first kappa shape index (κ1) is 16.0. The molecule has 0 saturated heterocycles. The van der Waals surface area contributed by atoms with Crippen molar-refractivity contribution in [2.75, 3.05) is 6.54 Å². The van der Waals surface area contributed by atoms with Crippen LogP contribution in [0, 0.1) is 11.3 Å². The summed E-state index contributed by atoms with van der Waals surface area (Å²) in [6, 6.07) is 1.75. The van der Waals surface area contributed by atoms with Crippen molar-refractivity contribution in [3.63, 3.8) is 0 Å². The van der Waals surface area contributed by atoms with Crippen molar-refractivity contribution in [1.29, 1.82) is 0 Å². The normalized spacial score (nSPS) is 21.6. The van der Waals surface area contributed by atoms with Crippen molar-refractivity contribution in [2.24, 2.45) is 11.3 Å². The molecule has 1 aromatic heterocycles. The molecule has 0 bridgehead atoms. The molecule has 1 N–H and O–H groups in total. The SMILES string of the molecule is CC(C)(C)c1cc(CS(=O)(=O)NCC2(C3CC3)CCC2)no1. The molecule has 2 aliphatic rings. The van der Waals surface area contributed by atoms with Crippen LogP contribution in [0.5, 0.6) is 0 Å². The van der Waals surface area contributed by atoms with E-state index in [1.807, 2.05) is 20.8 Å². The Morgan fingerprint density at radius 2 is 2.05 bits per heavy atom. The molecule has 0 aliphatic heterocycles. The van der Waals surface area contributed by atoms with Gasteiger partial charge in [0.1, 0.15) is 17.2 Å². The Balaban J connectivity index is 1.60. The van der Waals surface area contributed by atoms with Gasteiger partial charge in [-0.3, -0.25) is 0 Å². The molecule has 22 heavy (non-hydrogen) atoms. The Morgan fingerprint density at radius 3 is 2.50 bits per heavy atom. The van der Waals surface area contributed by atoms with E-state index in [4.69, 9.17) is 4.52 Å². The first-order chi connectivity index (χ1) is 10.2. The number of sulfonamides is 1. The largest absolute Gasteiger partial charge is 0.361 e. The van der Waals surface area contributed by atoms with Gasteiger partial charge in [0, 0.05) is 18.0 Å². The predicted octanol–water partition coefficient (Wildman–Crippen LogP) is 2.97. The van der Waals surface area contributed by atoms with Gasteiger partial charge in [0.2, 0.25) is 10.0 Å². The fourth-order valence-corrected chi connectivity index (χ4v) is 4.42. The van der Waals surface area contributed by atoms with Crippen LogP contribution in [-0.4, -0.2) is 20.1 Å². The molecule has 2 fully saturated rings. The second kappa shape index (κ2) is 5.34. The summed E-state index contributed by atoms with van der Waals surface area (Å²) >= 11 is 0. The van der Waals surface area contributed by atoms with Gasteiger partial charge in [0.25, 0.3) is 0 Å². The number of nitrogens with one attached hydrogen (secondary N) is 1. The highest BCUT2D eigenvalue weighted by molar-refractivity contribution is 7.88. The maximum atomic E-state index is 12.3. The maximum Gasteiger partial charge on any atom is 0.217 e. The van der Waals surface area contributed by atoms with Gasteiger partial charge >= 0.3 is 0 Å². The average Bonchev–Trinajstić information content (AvgIpc) is 3.06. The Bertz CT molecular complexity index is 635. The van der Waals surface area contributed by atoms with E-state index in [0.29, 0.717) is 18.0 Å². The van der Waals surface area contributed by atoms with Crippen molar-refractivity contribution in [3.05, 3.63) is 17.5 Å². The highest BCUT2D eigenvalue weighted by atomic mass is 32.2. The van der Waals surface area contributed by atoms with Crippen LogP contribution in [0.25, 0.3) is 0 Å². The number of hydrogen-bond acceptors (Lipinski definition) is 4. The number of rotatable bonds is 6. The van der Waals surface area contributed by atoms with E-state index < -0.39 is 10.0 Å². The molecule has 2 saturated carbocycles. The molecule has 2 aliphatic carbocycles. The number of aromatic nitrogens is 1. The predicted molar refractivity (Wildman–Crippen MR) is 84.8 cm³/mol. The molecular weight excluding hydrogens is 300 g/mol. The third-order valence-corrected chi connectivity index (χ3v) is 6.33. The summed E-state index contributed by atoms with van der Waals surface area (Å²) in [6.45, 7) is 6.63. The number of nitrogens with zero attached hydrogens (tertiary/aromatic N) is 1. The summed E-state index contributed by atoms with van der Waals surface area (Å²) in [5, 5.41) is 3.90. The van der Waals surface area contributed by atoms with Crippen LogP contribution in [0.15, 0.2) is 10.6 Å². The van der Waals surface area contributed by atoms with E-state index in [1.54, 1.807) is 6.07 Å². The maximum absolute atomic E-state index is 12.3. The highest BCUT2D eigenvalue weighted by Crippen LogP contribution is 2.56. The topological polar surface area (TPSA) is 72.2 Å². The van der Waals surface area contributed by atoms with Gasteiger partial charge in [-0.25, -0.2) is 13.1 Å². The summed E-state index contributed by atoms with van der Waals surface area (Å²) in [7, 11) is -3.35. The fraction of sp³-hybridized carbons (Fsp3) is 0.812. The van der Waals surface area contributed by atoms with E-state index in [2.05, 4.69) is 9.88 Å². The van der Waals surface area contributed by atoms with E-state index >= 15 is 0 Å². The van der Waals surface area contributed by atoms with Gasteiger partial charge in [-0.15, -0.1) is 0 Å². The van der Waals surface area contributed by atoms with E-state index in [1.165, 1.54) is 19.3 Å². The lowest BCUT2D eigenvalue weighted by molar-refractivity contribution is 0.107. The molecule has 3 rings (SSSR count). The summed E-state index contributed by atoms with van der Waals surface area (Å²) in [6.07, 6.45) is 6.09. The summed E-state index contributed by atoms with van der Waals surface area (Å²) in [5.74, 6) is 1.35. The van der Waals surface area contributed by atoms with Gasteiger partial charge in [-0.1, -0.05) is 32.3 Å². The molecule has 0 amide bonds. The zero-order valence-electron chi connectivity index (χ0n) is 13.7. The van der Waals surface area contributed by atoms with Gasteiger partial charge in [-0.05, 0) is 37.0 Å². The standard InChI is InChI=1S/C16H26N2O3S/c1-15(2,3)14-9-13(18-21-14)10-22(19,20)17-11-16(7-4-8-16)12-5-6-12/h9,12,17H,4-8,10-11H2,1-3H3. The van der Waals surface area contributed by atoms with Crippen LogP contribution >= 0.6 is 0 Å². The van der Waals surface area contributed by atoms with Crippen LogP contribution in [-0.2, 0) is 21.2 Å². The minimum atomic E-state index is -3.35. The summed E-state index contributed by atoms with van der Waals surface area (Å²) in [5.41, 5.74) is 0.559. The summed E-state index contributed by atoms with van der Waals surface area (Å²) < 4.78 is 32.7. The van der Waals surface area contributed by atoms with Crippen molar-refractivity contribution in [2.45, 2.75) is 64.0 Å². The first-order valence-corrected chi connectivity index (χ1v) is 9.79. The van der Waals surface area contributed by atoms with Crippen molar-refractivity contribution in [3.8, 4) is 0 Å². The Labute approximate surface area is 132 Å². The van der Waals surface area contributed by atoms with Crippen LogP contribution in [0.3, 0.4) is 0 Å². The Kier molecular flexibility index (Phi) is 3.88. The van der Waals surface area contributed by atoms with E-state index in [0.717, 1.165) is 18.8 Å². The zero-order chi connectivity index (χ0) is 16.0. The van der Waals surface area contributed by atoms with Crippen LogP contribution in [0.1, 0.15) is 64.3 Å². The second-order valence-electron chi connectivity index (χ2n) is 8.00. The fourth-order valence-electron chi connectivity index (χ4n) is 3.29. The van der Waals surface area contributed by atoms with Crippen LogP contribution in [0.4, 0.5) is 0 Å². The van der Waals surface area contributed by atoms with Gasteiger partial charge in [-0.2, -0.15) is 0 Å². The minimum Gasteiger partial charge on any atom is -0.361 e. The number of hydrogen-bond donors (Lipinski definition) is 1. The third-order valence-electron chi connectivity index (χ3n) is 5.07. The van der Waals surface area contributed by atoms with Gasteiger partial charge < -0.3 is 4.52 Å². The zero-order valence-corrected chi connectivity index (χ0v) is 14.5. The Morgan fingerprint density at radius 1 is 1.36 bits per heavy atom. The molecule has 5 nitrogen and oxygen atoms in total. The first-order valence-electron chi connectivity index (χ1n) is 8.14. The smallest absolute Gasteiger partial charge is 0.217 e. The van der Waals surface area contributed by atoms with Crippen LogP contribution < -0.4 is 4.72 Å². The molecule has 124 valence electrons. The highest BCUT2D eigenvalue weighted by Gasteiger charge is 2.49. The lowest BCUT2D eigenvalue weighted by Crippen LogP contribution is -2.43. The lowest BCUT2D eigenvalue weighted by atomic mass is 9.65. The molecular formula is C16H26N2O3S. The van der Waals surface area contributed by atoms with Crippen molar-refractivity contribution in [1.82, 2.24) is 9.88 Å². The molecule has 6 heteroatoms. The lowest BCUT2D eigenvalue weighted by Gasteiger charge is -2.42. The van der Waals surface area contributed by atoms with E-state index in [-0.39, 0.29) is 16.6 Å². The van der Waals surface area contributed by atoms with Crippen molar-refractivity contribution >= 4 is 10.0 Å². The van der Waals surface area contributed by atoms with Crippen molar-refractivity contribution < 1.29 is 12.9 Å². The monoisotopic (exact) mass is 326 g/mol.